The van der Waals surface area contributed by atoms with E-state index in [0.29, 0.717) is 16.9 Å². The van der Waals surface area contributed by atoms with E-state index in [4.69, 9.17) is 0 Å². The molecule has 0 spiro atoms. The van der Waals surface area contributed by atoms with E-state index in [-0.39, 0.29) is 0 Å². The molecule has 1 fully saturated rings. The molecule has 1 aliphatic carbocycles. The van der Waals surface area contributed by atoms with Crippen molar-refractivity contribution in [3.05, 3.63) is 30.9 Å². The van der Waals surface area contributed by atoms with Crippen molar-refractivity contribution in [1.29, 1.82) is 0 Å². The number of anilines is 1. The number of aromatic nitrogens is 5. The fraction of sp³-hybridized carbons (Fsp3) is 0.412. The maximum atomic E-state index is 11.6. The lowest BCUT2D eigenvalue weighted by molar-refractivity contribution is 0.462. The summed E-state index contributed by atoms with van der Waals surface area (Å²) in [6.45, 7) is 0. The maximum absolute atomic E-state index is 11.6. The molecule has 1 unspecified atom stereocenters. The Morgan fingerprint density at radius 3 is 2.80 bits per heavy atom. The monoisotopic (exact) mass is 356 g/mol. The first-order valence-electron chi connectivity index (χ1n) is 8.48. The number of fused-ring (bicyclic) bond motifs is 1. The van der Waals surface area contributed by atoms with Crippen molar-refractivity contribution in [3.8, 4) is 11.4 Å². The third-order valence-corrected chi connectivity index (χ3v) is 5.24. The Kier molecular flexibility index (Phi) is 4.44. The average Bonchev–Trinajstić information content (AvgIpc) is 3.08. The van der Waals surface area contributed by atoms with Crippen LogP contribution in [0, 0.1) is 0 Å². The summed E-state index contributed by atoms with van der Waals surface area (Å²) in [6.07, 6.45) is 14.8. The molecular formula is C17H20N6OS. The molecule has 1 atom stereocenters. The molecule has 4 rings (SSSR count). The van der Waals surface area contributed by atoms with Gasteiger partial charge in [0.25, 0.3) is 0 Å². The van der Waals surface area contributed by atoms with Crippen LogP contribution in [0.4, 0.5) is 5.82 Å². The molecule has 0 aliphatic heterocycles. The Morgan fingerprint density at radius 1 is 1.16 bits per heavy atom. The molecule has 7 nitrogen and oxygen atoms in total. The quantitative estimate of drug-likeness (QED) is 0.724. The Morgan fingerprint density at radius 2 is 2.00 bits per heavy atom. The molecule has 3 aromatic heterocycles. The predicted molar refractivity (Wildman–Crippen MR) is 96.8 cm³/mol. The van der Waals surface area contributed by atoms with Crippen LogP contribution in [0.15, 0.2) is 36.0 Å². The zero-order valence-electron chi connectivity index (χ0n) is 14.1. The number of nitrogens with zero attached hydrogens (tertiary/aromatic N) is 5. The van der Waals surface area contributed by atoms with Crippen LogP contribution < -0.4 is 5.32 Å². The van der Waals surface area contributed by atoms with Crippen LogP contribution in [0.5, 0.6) is 0 Å². The number of hydrogen-bond acceptors (Lipinski definition) is 6. The highest BCUT2D eigenvalue weighted by Gasteiger charge is 2.17. The highest BCUT2D eigenvalue weighted by Crippen LogP contribution is 2.25. The number of rotatable bonds is 4. The summed E-state index contributed by atoms with van der Waals surface area (Å²) in [4.78, 5) is 17.5. The lowest BCUT2D eigenvalue weighted by Crippen LogP contribution is -2.23. The van der Waals surface area contributed by atoms with E-state index < -0.39 is 10.8 Å². The second-order valence-electron chi connectivity index (χ2n) is 6.27. The molecular weight excluding hydrogens is 336 g/mol. The van der Waals surface area contributed by atoms with Crippen molar-refractivity contribution in [1.82, 2.24) is 24.3 Å². The van der Waals surface area contributed by atoms with E-state index >= 15 is 0 Å². The van der Waals surface area contributed by atoms with E-state index in [2.05, 4.69) is 25.3 Å². The van der Waals surface area contributed by atoms with E-state index in [1.54, 1.807) is 30.9 Å². The van der Waals surface area contributed by atoms with Crippen molar-refractivity contribution >= 4 is 22.3 Å². The molecule has 1 N–H and O–H groups in total. The van der Waals surface area contributed by atoms with Gasteiger partial charge in [0.2, 0.25) is 5.16 Å². The minimum Gasteiger partial charge on any atom is -0.364 e. The normalized spacial score (nSPS) is 16.8. The molecule has 3 aromatic rings. The molecule has 0 amide bonds. The fourth-order valence-corrected chi connectivity index (χ4v) is 3.71. The zero-order valence-corrected chi connectivity index (χ0v) is 14.9. The summed E-state index contributed by atoms with van der Waals surface area (Å²) >= 11 is 0. The van der Waals surface area contributed by atoms with Crippen LogP contribution in [-0.2, 0) is 10.8 Å². The Hall–Kier alpha value is -2.35. The molecule has 8 heteroatoms. The first kappa shape index (κ1) is 16.1. The fourth-order valence-electron chi connectivity index (χ4n) is 3.27. The van der Waals surface area contributed by atoms with Gasteiger partial charge in [-0.3, -0.25) is 8.61 Å². The lowest BCUT2D eigenvalue weighted by Gasteiger charge is -2.23. The van der Waals surface area contributed by atoms with Crippen LogP contribution in [-0.4, -0.2) is 40.8 Å². The van der Waals surface area contributed by atoms with Crippen molar-refractivity contribution < 1.29 is 4.21 Å². The predicted octanol–water partition coefficient (Wildman–Crippen LogP) is 2.67. The average molecular weight is 356 g/mol. The first-order valence-corrected chi connectivity index (χ1v) is 10.0. The van der Waals surface area contributed by atoms with Gasteiger partial charge in [-0.15, -0.1) is 0 Å². The molecule has 1 aliphatic rings. The van der Waals surface area contributed by atoms with E-state index in [1.165, 1.54) is 32.1 Å². The number of hydrogen-bond donors (Lipinski definition) is 1. The Bertz CT molecular complexity index is 918. The molecule has 3 heterocycles. The maximum Gasteiger partial charge on any atom is 0.218 e. The highest BCUT2D eigenvalue weighted by molar-refractivity contribution is 7.84. The van der Waals surface area contributed by atoms with Crippen molar-refractivity contribution in [2.24, 2.45) is 0 Å². The van der Waals surface area contributed by atoms with Gasteiger partial charge in [-0.1, -0.05) is 19.3 Å². The molecule has 130 valence electrons. The summed E-state index contributed by atoms with van der Waals surface area (Å²) in [6, 6.07) is 2.26. The largest absolute Gasteiger partial charge is 0.364 e. The van der Waals surface area contributed by atoms with Gasteiger partial charge in [0, 0.05) is 30.9 Å². The Labute approximate surface area is 148 Å². The van der Waals surface area contributed by atoms with Crippen LogP contribution in [0.1, 0.15) is 32.1 Å². The standard InChI is InChI=1S/C17H20N6OS/c1-25(24)17-19-8-7-13(22-17)14-11-20-16-15(18-9-10-23(14)16)21-12-5-3-2-4-6-12/h7-12H,2-6H2,1H3,(H,18,21). The van der Waals surface area contributed by atoms with Gasteiger partial charge in [0.1, 0.15) is 0 Å². The number of imidazole rings is 1. The summed E-state index contributed by atoms with van der Waals surface area (Å²) in [7, 11) is -1.22. The van der Waals surface area contributed by atoms with Crippen LogP contribution >= 0.6 is 0 Å². The van der Waals surface area contributed by atoms with Crippen LogP contribution in [0.3, 0.4) is 0 Å². The van der Waals surface area contributed by atoms with E-state index in [1.807, 2.05) is 10.6 Å². The second kappa shape index (κ2) is 6.87. The molecule has 0 radical (unpaired) electrons. The van der Waals surface area contributed by atoms with E-state index in [0.717, 1.165) is 17.2 Å². The van der Waals surface area contributed by atoms with Crippen molar-refractivity contribution in [3.63, 3.8) is 0 Å². The van der Waals surface area contributed by atoms with Gasteiger partial charge in [0.15, 0.2) is 11.5 Å². The lowest BCUT2D eigenvalue weighted by atomic mass is 9.95. The molecule has 1 saturated carbocycles. The molecule has 0 aromatic carbocycles. The third-order valence-electron chi connectivity index (χ3n) is 4.53. The zero-order chi connectivity index (χ0) is 17.2. The number of nitrogens with one attached hydrogen (secondary N) is 1. The van der Waals surface area contributed by atoms with Gasteiger partial charge < -0.3 is 5.32 Å². The summed E-state index contributed by atoms with van der Waals surface area (Å²) in [5, 5.41) is 3.86. The molecule has 0 saturated heterocycles. The minimum absolute atomic E-state index is 0.321. The van der Waals surface area contributed by atoms with Gasteiger partial charge in [-0.25, -0.2) is 19.9 Å². The van der Waals surface area contributed by atoms with Gasteiger partial charge in [0.05, 0.1) is 28.4 Å². The second-order valence-corrected chi connectivity index (χ2v) is 7.54. The minimum atomic E-state index is -1.22. The van der Waals surface area contributed by atoms with Gasteiger partial charge in [-0.2, -0.15) is 0 Å². The smallest absolute Gasteiger partial charge is 0.218 e. The van der Waals surface area contributed by atoms with Crippen molar-refractivity contribution in [2.75, 3.05) is 11.6 Å². The Balaban J connectivity index is 1.71. The summed E-state index contributed by atoms with van der Waals surface area (Å²) in [5.74, 6) is 0.800. The molecule has 0 bridgehead atoms. The molecule has 25 heavy (non-hydrogen) atoms. The summed E-state index contributed by atoms with van der Waals surface area (Å²) < 4.78 is 13.6. The van der Waals surface area contributed by atoms with Crippen molar-refractivity contribution in [2.45, 2.75) is 43.3 Å². The SMILES string of the molecule is CS(=O)c1nccc(-c2cnc3c(NC4CCCCC4)nccn23)n1. The van der Waals surface area contributed by atoms with Crippen LogP contribution in [0.25, 0.3) is 17.0 Å². The summed E-state index contributed by atoms with van der Waals surface area (Å²) in [5.41, 5.74) is 2.31. The van der Waals surface area contributed by atoms with E-state index in [9.17, 15) is 4.21 Å². The topological polar surface area (TPSA) is 85.1 Å². The van der Waals surface area contributed by atoms with Gasteiger partial charge >= 0.3 is 0 Å². The van der Waals surface area contributed by atoms with Crippen LogP contribution in [0.2, 0.25) is 0 Å². The third kappa shape index (κ3) is 3.26. The van der Waals surface area contributed by atoms with Gasteiger partial charge in [-0.05, 0) is 18.9 Å². The highest BCUT2D eigenvalue weighted by atomic mass is 32.2. The first-order chi connectivity index (χ1) is 12.2.